The van der Waals surface area contributed by atoms with Crippen LogP contribution >= 0.6 is 24.0 Å². The van der Waals surface area contributed by atoms with Crippen LogP contribution < -0.4 is 5.32 Å². The van der Waals surface area contributed by atoms with E-state index in [-0.39, 0.29) is 18.3 Å². The standard InChI is InChI=1S/C20H23ClN4O.ClH/c1-4-10-25(5-2)20(26)17-13-22-19(16-9-11-24(3)18(16)17)23-15-8-6-7-14(21)12-15;/h6-9,11-13H,4-5,10H2,1-3H3,(H,22,23);1H. The number of fused-ring (bicyclic) bond motifs is 1. The summed E-state index contributed by atoms with van der Waals surface area (Å²) in [6, 6.07) is 9.46. The fraction of sp³-hybridized carbons (Fsp3) is 0.300. The number of anilines is 2. The van der Waals surface area contributed by atoms with E-state index in [0.717, 1.165) is 29.6 Å². The van der Waals surface area contributed by atoms with Crippen LogP contribution in [0.25, 0.3) is 10.9 Å². The molecule has 7 heteroatoms. The summed E-state index contributed by atoms with van der Waals surface area (Å²) < 4.78 is 1.97. The maximum atomic E-state index is 13.0. The Kier molecular flexibility index (Phi) is 7.11. The Morgan fingerprint density at radius 3 is 2.74 bits per heavy atom. The first kappa shape index (κ1) is 21.1. The topological polar surface area (TPSA) is 50.2 Å². The Morgan fingerprint density at radius 1 is 1.30 bits per heavy atom. The van der Waals surface area contributed by atoms with Gasteiger partial charge in [-0.1, -0.05) is 24.6 Å². The third kappa shape index (κ3) is 4.37. The van der Waals surface area contributed by atoms with Crippen molar-refractivity contribution in [2.45, 2.75) is 20.3 Å². The van der Waals surface area contributed by atoms with Crippen molar-refractivity contribution in [2.24, 2.45) is 7.05 Å². The minimum atomic E-state index is 0. The van der Waals surface area contributed by atoms with Crippen LogP contribution in [-0.4, -0.2) is 33.4 Å². The fourth-order valence-electron chi connectivity index (χ4n) is 3.12. The second kappa shape index (κ2) is 9.11. The summed E-state index contributed by atoms with van der Waals surface area (Å²) in [4.78, 5) is 19.4. The summed E-state index contributed by atoms with van der Waals surface area (Å²) in [5, 5.41) is 4.87. The lowest BCUT2D eigenvalue weighted by Gasteiger charge is -2.21. The van der Waals surface area contributed by atoms with Crippen molar-refractivity contribution in [3.8, 4) is 0 Å². The van der Waals surface area contributed by atoms with Crippen molar-refractivity contribution < 1.29 is 4.79 Å². The van der Waals surface area contributed by atoms with Crippen LogP contribution in [0.15, 0.2) is 42.7 Å². The lowest BCUT2D eigenvalue weighted by Crippen LogP contribution is -2.32. The number of hydrogen-bond donors (Lipinski definition) is 1. The molecule has 0 radical (unpaired) electrons. The maximum absolute atomic E-state index is 13.0. The van der Waals surface area contributed by atoms with Gasteiger partial charge < -0.3 is 14.8 Å². The van der Waals surface area contributed by atoms with Gasteiger partial charge in [0.25, 0.3) is 5.91 Å². The molecule has 27 heavy (non-hydrogen) atoms. The van der Waals surface area contributed by atoms with Crippen molar-refractivity contribution in [3.05, 3.63) is 53.3 Å². The third-order valence-electron chi connectivity index (χ3n) is 4.39. The molecule has 144 valence electrons. The van der Waals surface area contributed by atoms with Gasteiger partial charge >= 0.3 is 0 Å². The zero-order valence-electron chi connectivity index (χ0n) is 15.7. The number of benzene rings is 1. The molecule has 0 spiro atoms. The molecule has 1 aromatic carbocycles. The highest BCUT2D eigenvalue weighted by Crippen LogP contribution is 2.29. The Bertz CT molecular complexity index is 939. The number of halogens is 2. The van der Waals surface area contributed by atoms with Gasteiger partial charge in [-0.3, -0.25) is 4.79 Å². The quantitative estimate of drug-likeness (QED) is 0.606. The monoisotopic (exact) mass is 406 g/mol. The van der Waals surface area contributed by atoms with Gasteiger partial charge in [-0.25, -0.2) is 4.98 Å². The van der Waals surface area contributed by atoms with E-state index < -0.39 is 0 Å². The Labute approximate surface area is 170 Å². The summed E-state index contributed by atoms with van der Waals surface area (Å²) in [6.45, 7) is 5.49. The molecular weight excluding hydrogens is 383 g/mol. The molecule has 3 rings (SSSR count). The number of nitrogens with zero attached hydrogens (tertiary/aromatic N) is 3. The molecule has 0 aliphatic carbocycles. The van der Waals surface area contributed by atoms with Gasteiger partial charge in [0.2, 0.25) is 0 Å². The second-order valence-electron chi connectivity index (χ2n) is 6.23. The normalized spacial score (nSPS) is 10.5. The van der Waals surface area contributed by atoms with Crippen LogP contribution in [0.4, 0.5) is 11.5 Å². The number of amides is 1. The number of hydrogen-bond acceptors (Lipinski definition) is 3. The lowest BCUT2D eigenvalue weighted by atomic mass is 10.1. The highest BCUT2D eigenvalue weighted by molar-refractivity contribution is 6.30. The SMILES string of the molecule is CCCN(CC)C(=O)c1cnc(Nc2cccc(Cl)c2)c2ccn(C)c12.Cl. The first-order valence-corrected chi connectivity index (χ1v) is 9.18. The molecule has 2 aromatic heterocycles. The summed E-state index contributed by atoms with van der Waals surface area (Å²) in [5.74, 6) is 0.723. The summed E-state index contributed by atoms with van der Waals surface area (Å²) in [5.41, 5.74) is 2.36. The van der Waals surface area contributed by atoms with Crippen molar-refractivity contribution in [2.75, 3.05) is 18.4 Å². The summed E-state index contributed by atoms with van der Waals surface area (Å²) in [6.07, 6.45) is 4.54. The number of carbonyl (C=O) groups is 1. The van der Waals surface area contributed by atoms with Gasteiger partial charge in [0, 0.05) is 48.6 Å². The number of pyridine rings is 1. The molecule has 0 saturated carbocycles. The Morgan fingerprint density at radius 2 is 2.07 bits per heavy atom. The molecule has 5 nitrogen and oxygen atoms in total. The highest BCUT2D eigenvalue weighted by atomic mass is 35.5. The predicted molar refractivity (Wildman–Crippen MR) is 115 cm³/mol. The number of aromatic nitrogens is 2. The molecule has 1 N–H and O–H groups in total. The maximum Gasteiger partial charge on any atom is 0.257 e. The van der Waals surface area contributed by atoms with Gasteiger partial charge in [-0.2, -0.15) is 0 Å². The Balaban J connectivity index is 0.00000261. The predicted octanol–water partition coefficient (Wildman–Crippen LogP) is 5.26. The average Bonchev–Trinajstić information content (AvgIpc) is 3.02. The summed E-state index contributed by atoms with van der Waals surface area (Å²) in [7, 11) is 1.94. The van der Waals surface area contributed by atoms with E-state index >= 15 is 0 Å². The second-order valence-corrected chi connectivity index (χ2v) is 6.67. The number of nitrogens with one attached hydrogen (secondary N) is 1. The van der Waals surface area contributed by atoms with Gasteiger partial charge in [-0.05, 0) is 37.6 Å². The average molecular weight is 407 g/mol. The zero-order chi connectivity index (χ0) is 18.7. The van der Waals surface area contributed by atoms with Crippen LogP contribution in [-0.2, 0) is 7.05 Å². The zero-order valence-corrected chi connectivity index (χ0v) is 17.3. The minimum Gasteiger partial charge on any atom is -0.350 e. The molecule has 1 amide bonds. The molecule has 0 saturated heterocycles. The molecular formula is C20H24Cl2N4O. The number of carbonyl (C=O) groups excluding carboxylic acids is 1. The van der Waals surface area contributed by atoms with E-state index in [1.807, 2.05) is 60.0 Å². The molecule has 0 atom stereocenters. The molecule has 3 aromatic rings. The fourth-order valence-corrected chi connectivity index (χ4v) is 3.31. The van der Waals surface area contributed by atoms with Crippen molar-refractivity contribution in [3.63, 3.8) is 0 Å². The van der Waals surface area contributed by atoms with Crippen LogP contribution in [0, 0.1) is 0 Å². The highest BCUT2D eigenvalue weighted by Gasteiger charge is 2.20. The first-order chi connectivity index (χ1) is 12.5. The first-order valence-electron chi connectivity index (χ1n) is 8.81. The number of aryl methyl sites for hydroxylation is 1. The number of rotatable bonds is 6. The summed E-state index contributed by atoms with van der Waals surface area (Å²) >= 11 is 6.07. The largest absolute Gasteiger partial charge is 0.350 e. The van der Waals surface area contributed by atoms with Crippen LogP contribution in [0.2, 0.25) is 5.02 Å². The van der Waals surface area contributed by atoms with Crippen molar-refractivity contribution >= 4 is 52.3 Å². The van der Waals surface area contributed by atoms with E-state index in [2.05, 4.69) is 17.2 Å². The molecule has 0 aliphatic heterocycles. The molecule has 2 heterocycles. The smallest absolute Gasteiger partial charge is 0.257 e. The van der Waals surface area contributed by atoms with E-state index in [1.165, 1.54) is 0 Å². The van der Waals surface area contributed by atoms with Crippen molar-refractivity contribution in [1.29, 1.82) is 0 Å². The van der Waals surface area contributed by atoms with Crippen molar-refractivity contribution in [1.82, 2.24) is 14.5 Å². The molecule has 0 unspecified atom stereocenters. The lowest BCUT2D eigenvalue weighted by molar-refractivity contribution is 0.0765. The molecule has 0 bridgehead atoms. The third-order valence-corrected chi connectivity index (χ3v) is 4.62. The molecule has 0 aliphatic rings. The van der Waals surface area contributed by atoms with Crippen LogP contribution in [0.3, 0.4) is 0 Å². The van der Waals surface area contributed by atoms with Gasteiger partial charge in [-0.15, -0.1) is 12.4 Å². The minimum absolute atomic E-state index is 0. The van der Waals surface area contributed by atoms with Gasteiger partial charge in [0.1, 0.15) is 5.82 Å². The van der Waals surface area contributed by atoms with E-state index in [1.54, 1.807) is 6.20 Å². The molecule has 0 fully saturated rings. The van der Waals surface area contributed by atoms with Gasteiger partial charge in [0.05, 0.1) is 11.1 Å². The van der Waals surface area contributed by atoms with Crippen LogP contribution in [0.5, 0.6) is 0 Å². The Hall–Kier alpha value is -2.24. The van der Waals surface area contributed by atoms with E-state index in [9.17, 15) is 4.79 Å². The van der Waals surface area contributed by atoms with Crippen LogP contribution in [0.1, 0.15) is 30.6 Å². The van der Waals surface area contributed by atoms with E-state index in [0.29, 0.717) is 22.9 Å². The van der Waals surface area contributed by atoms with E-state index in [4.69, 9.17) is 11.6 Å². The van der Waals surface area contributed by atoms with Gasteiger partial charge in [0.15, 0.2) is 0 Å².